The van der Waals surface area contributed by atoms with Crippen LogP contribution in [0.15, 0.2) is 203 Å². The van der Waals surface area contributed by atoms with Crippen molar-refractivity contribution in [1.29, 1.82) is 0 Å². The summed E-state index contributed by atoms with van der Waals surface area (Å²) in [6, 6.07) is 56.9. The number of esters is 2. The molecule has 1 aromatic heterocycles. The molecular weight excluding hydrogens is 967 g/mol. The summed E-state index contributed by atoms with van der Waals surface area (Å²) in [5, 5.41) is 12.2. The Labute approximate surface area is 429 Å². The van der Waals surface area contributed by atoms with Gasteiger partial charge >= 0.3 is 11.9 Å². The number of methoxy groups -OCH3 is 1. The molecule has 13 nitrogen and oxygen atoms in total. The molecule has 72 heavy (non-hydrogen) atoms. The topological polar surface area (TPSA) is 158 Å². The fourth-order valence-electron chi connectivity index (χ4n) is 8.41. The van der Waals surface area contributed by atoms with Crippen molar-refractivity contribution in [1.82, 2.24) is 15.2 Å². The van der Waals surface area contributed by atoms with Gasteiger partial charge in [0.1, 0.15) is 35.0 Å². The molecule has 0 saturated carbocycles. The maximum Gasteiger partial charge on any atom is 0.356 e. The molecule has 0 bridgehead atoms. The van der Waals surface area contributed by atoms with Crippen LogP contribution in [-0.4, -0.2) is 82.6 Å². The first-order chi connectivity index (χ1) is 35.3. The van der Waals surface area contributed by atoms with Crippen LogP contribution in [0.25, 0.3) is 0 Å². The van der Waals surface area contributed by atoms with Crippen LogP contribution in [-0.2, 0) is 50.4 Å². The molecule has 364 valence electrons. The normalized spacial score (nSPS) is 15.6. The lowest BCUT2D eigenvalue weighted by molar-refractivity contribution is -0.154. The number of hydrogen-bond acceptors (Lipinski definition) is 14. The lowest BCUT2D eigenvalue weighted by Gasteiger charge is -2.49. The van der Waals surface area contributed by atoms with Gasteiger partial charge in [-0.25, -0.2) is 14.6 Å². The number of carbonyl (C=O) groups excluding carboxylic acids is 4. The summed E-state index contributed by atoms with van der Waals surface area (Å²) >= 11 is 4.07. The van der Waals surface area contributed by atoms with Crippen LogP contribution in [0, 0.1) is 0 Å². The van der Waals surface area contributed by atoms with Crippen LogP contribution < -0.4 is 10.6 Å². The zero-order valence-electron chi connectivity index (χ0n) is 39.0. The highest BCUT2D eigenvalue weighted by atomic mass is 32.2. The Balaban J connectivity index is 1.00. The maximum absolute atomic E-state index is 14.6. The first kappa shape index (κ1) is 49.5. The van der Waals surface area contributed by atoms with E-state index in [1.54, 1.807) is 12.5 Å². The number of hydrogen-bond donors (Lipinski definition) is 2. The van der Waals surface area contributed by atoms with Gasteiger partial charge in [-0.3, -0.25) is 14.5 Å². The monoisotopic (exact) mass is 1020 g/mol. The van der Waals surface area contributed by atoms with Gasteiger partial charge in [-0.1, -0.05) is 187 Å². The molecule has 2 aliphatic rings. The Hall–Kier alpha value is -7.50. The number of aromatic nitrogens is 1. The Morgan fingerprint density at radius 2 is 1.32 bits per heavy atom. The number of β-lactam (4-membered cyclic amide) rings is 1. The van der Waals surface area contributed by atoms with Gasteiger partial charge in [0.2, 0.25) is 6.61 Å². The van der Waals surface area contributed by atoms with Gasteiger partial charge in [-0.05, 0) is 33.4 Å². The molecule has 6 aromatic carbocycles. The molecular formula is C56H49N5O8S3. The van der Waals surface area contributed by atoms with E-state index in [4.69, 9.17) is 24.0 Å². The van der Waals surface area contributed by atoms with Gasteiger partial charge in [0.05, 0.1) is 6.61 Å². The van der Waals surface area contributed by atoms with E-state index < -0.39 is 53.4 Å². The molecule has 0 aliphatic carbocycles. The van der Waals surface area contributed by atoms with E-state index in [1.165, 1.54) is 39.8 Å². The van der Waals surface area contributed by atoms with Crippen molar-refractivity contribution in [3.8, 4) is 0 Å². The van der Waals surface area contributed by atoms with Gasteiger partial charge in [0.25, 0.3) is 11.8 Å². The van der Waals surface area contributed by atoms with Crippen molar-refractivity contribution < 1.29 is 38.2 Å². The Kier molecular flexibility index (Phi) is 16.2. The van der Waals surface area contributed by atoms with Crippen LogP contribution in [0.4, 0.5) is 5.13 Å². The molecule has 2 N–H and O–H groups in total. The van der Waals surface area contributed by atoms with E-state index in [0.717, 1.165) is 33.4 Å². The van der Waals surface area contributed by atoms with Crippen LogP contribution in [0.5, 0.6) is 0 Å². The SMILES string of the molecule is COCCSC1=C(C(=O)OC(c2ccccc2)c2ccccc2)N2C(=O)[C@@H](NC(=O)/C(=N\OCC(=O)OCc3ccccc3)c3csc(NC(c4ccccc4)(c4ccccc4)c4ccccc4)n3)[C@H]2SC1. The highest BCUT2D eigenvalue weighted by Gasteiger charge is 2.55. The summed E-state index contributed by atoms with van der Waals surface area (Å²) in [6.45, 7) is -0.177. The number of oxime groups is 1. The average Bonchev–Trinajstić information content (AvgIpc) is 3.90. The van der Waals surface area contributed by atoms with Crippen LogP contribution in [0.2, 0.25) is 0 Å². The summed E-state index contributed by atoms with van der Waals surface area (Å²) in [4.78, 5) is 69.0. The molecule has 0 spiro atoms. The van der Waals surface area contributed by atoms with Crippen molar-refractivity contribution in [2.24, 2.45) is 5.16 Å². The fourth-order valence-corrected chi connectivity index (χ4v) is 11.7. The number of ether oxygens (including phenoxy) is 3. The molecule has 16 heteroatoms. The number of nitrogens with zero attached hydrogens (tertiary/aromatic N) is 3. The van der Waals surface area contributed by atoms with E-state index in [0.29, 0.717) is 28.1 Å². The lowest BCUT2D eigenvalue weighted by Crippen LogP contribution is -2.71. The number of amides is 2. The van der Waals surface area contributed by atoms with Gasteiger partial charge in [-0.15, -0.1) is 34.9 Å². The molecule has 1 fully saturated rings. The minimum Gasteiger partial charge on any atom is -0.458 e. The largest absolute Gasteiger partial charge is 0.458 e. The van der Waals surface area contributed by atoms with Crippen molar-refractivity contribution in [3.63, 3.8) is 0 Å². The zero-order valence-corrected chi connectivity index (χ0v) is 41.4. The molecule has 0 unspecified atom stereocenters. The molecule has 2 atom stereocenters. The Morgan fingerprint density at radius 3 is 1.88 bits per heavy atom. The second-order valence-electron chi connectivity index (χ2n) is 16.5. The van der Waals surface area contributed by atoms with E-state index in [9.17, 15) is 19.2 Å². The Morgan fingerprint density at radius 1 is 0.778 bits per heavy atom. The van der Waals surface area contributed by atoms with Crippen LogP contribution in [0.3, 0.4) is 0 Å². The molecule has 2 amide bonds. The smallest absolute Gasteiger partial charge is 0.356 e. The van der Waals surface area contributed by atoms with E-state index in [1.807, 2.05) is 182 Å². The van der Waals surface area contributed by atoms with Crippen molar-refractivity contribution in [2.45, 2.75) is 29.7 Å². The quantitative estimate of drug-likeness (QED) is 0.0176. The number of benzene rings is 6. The van der Waals surface area contributed by atoms with E-state index >= 15 is 0 Å². The molecule has 7 aromatic rings. The van der Waals surface area contributed by atoms with E-state index in [2.05, 4.69) is 15.8 Å². The maximum atomic E-state index is 14.6. The average molecular weight is 1020 g/mol. The summed E-state index contributed by atoms with van der Waals surface area (Å²) in [7, 11) is 1.60. The first-order valence-electron chi connectivity index (χ1n) is 23.1. The van der Waals surface area contributed by atoms with E-state index in [-0.39, 0.29) is 23.7 Å². The fraction of sp³-hybridized carbons (Fsp3) is 0.179. The minimum atomic E-state index is -1.07. The summed E-state index contributed by atoms with van der Waals surface area (Å²) in [5.74, 6) is -1.79. The molecule has 2 aliphatic heterocycles. The molecule has 3 heterocycles. The standard InChI is InChI=1S/C56H49N5O8S3/c1-66-32-33-70-45-37-71-53-48(52(64)61(53)49(45)54(65)69-50(39-22-10-3-11-23-39)40-24-12-4-13-25-40)58-51(63)47(60-68-35-46(62)67-34-38-20-8-2-9-21-38)44-36-72-55(57-44)59-56(41-26-14-5-15-27-41,42-28-16-6-17-29-42)43-30-18-7-19-31-43/h2-31,36,48,50,53H,32-35,37H2,1H3,(H,57,59)(H,58,63)/b60-47-/t48-,53-/m1/s1. The highest BCUT2D eigenvalue weighted by Crippen LogP contribution is 2.45. The molecule has 9 rings (SSSR count). The van der Waals surface area contributed by atoms with Gasteiger partial charge in [-0.2, -0.15) is 0 Å². The second-order valence-corrected chi connectivity index (χ2v) is 19.6. The Bertz CT molecular complexity index is 2880. The van der Waals surface area contributed by atoms with Gasteiger partial charge < -0.3 is 29.7 Å². The zero-order chi connectivity index (χ0) is 49.7. The van der Waals surface area contributed by atoms with Crippen LogP contribution >= 0.6 is 34.9 Å². The number of anilines is 1. The predicted octanol–water partition coefficient (Wildman–Crippen LogP) is 9.34. The third-order valence-electron chi connectivity index (χ3n) is 11.9. The van der Waals surface area contributed by atoms with Gasteiger partial charge in [0.15, 0.2) is 16.9 Å². The number of carbonyl (C=O) groups is 4. The number of fused-ring (bicyclic) bond motifs is 1. The summed E-state index contributed by atoms with van der Waals surface area (Å²) in [6.07, 6.45) is -0.761. The molecule has 1 saturated heterocycles. The summed E-state index contributed by atoms with van der Waals surface area (Å²) < 4.78 is 17.0. The van der Waals surface area contributed by atoms with Gasteiger partial charge in [0, 0.05) is 28.9 Å². The third kappa shape index (κ3) is 11.2. The molecule has 0 radical (unpaired) electrons. The second kappa shape index (κ2) is 23.6. The van der Waals surface area contributed by atoms with Crippen LogP contribution in [0.1, 0.15) is 45.2 Å². The number of thioether (sulfide) groups is 2. The predicted molar refractivity (Wildman–Crippen MR) is 281 cm³/mol. The lowest BCUT2D eigenvalue weighted by atomic mass is 9.77. The van der Waals surface area contributed by atoms with Crippen molar-refractivity contribution in [3.05, 3.63) is 237 Å². The first-order valence-corrected chi connectivity index (χ1v) is 26.0. The van der Waals surface area contributed by atoms with Crippen molar-refractivity contribution >= 4 is 69.5 Å². The van der Waals surface area contributed by atoms with Crippen molar-refractivity contribution in [2.75, 3.05) is 37.1 Å². The number of rotatable bonds is 21. The third-order valence-corrected chi connectivity index (χ3v) is 15.1. The highest BCUT2D eigenvalue weighted by molar-refractivity contribution is 8.06. The number of thiazole rings is 1. The minimum absolute atomic E-state index is 0.0162. The number of nitrogens with one attached hydrogen (secondary N) is 2. The summed E-state index contributed by atoms with van der Waals surface area (Å²) in [5.41, 5.74) is 4.14.